The van der Waals surface area contributed by atoms with Crippen LogP contribution in [0, 0.1) is 0 Å². The van der Waals surface area contributed by atoms with E-state index in [1.165, 1.54) is 18.5 Å². The van der Waals surface area contributed by atoms with Crippen LogP contribution in [0.3, 0.4) is 0 Å². The number of aryl methyl sites for hydroxylation is 1. The standard InChI is InChI=1S/C16H20N4O2/c1-2-15-18-5-7-20(15)13-4-3-6-19(11-13)16(22)12-8-14(21)10-17-9-12/h5,7-10,13,21H,2-4,6,11H2,1H3. The monoisotopic (exact) mass is 300 g/mol. The van der Waals surface area contributed by atoms with Crippen molar-refractivity contribution in [3.05, 3.63) is 42.2 Å². The molecule has 2 aromatic heterocycles. The third kappa shape index (κ3) is 2.81. The number of carbonyl (C=O) groups excluding carboxylic acids is 1. The predicted molar refractivity (Wildman–Crippen MR) is 81.7 cm³/mol. The zero-order valence-corrected chi connectivity index (χ0v) is 12.6. The highest BCUT2D eigenvalue weighted by molar-refractivity contribution is 5.94. The van der Waals surface area contributed by atoms with Crippen molar-refractivity contribution in [3.8, 4) is 5.75 Å². The first-order valence-electron chi connectivity index (χ1n) is 7.64. The Kier molecular flexibility index (Phi) is 4.09. The number of hydrogen-bond donors (Lipinski definition) is 1. The van der Waals surface area contributed by atoms with Gasteiger partial charge >= 0.3 is 0 Å². The number of amides is 1. The van der Waals surface area contributed by atoms with Gasteiger partial charge in [0.1, 0.15) is 11.6 Å². The normalized spacial score (nSPS) is 18.4. The fourth-order valence-electron chi connectivity index (χ4n) is 3.04. The molecule has 1 unspecified atom stereocenters. The first kappa shape index (κ1) is 14.6. The van der Waals surface area contributed by atoms with E-state index in [-0.39, 0.29) is 17.7 Å². The van der Waals surface area contributed by atoms with Crippen LogP contribution < -0.4 is 0 Å². The van der Waals surface area contributed by atoms with Gasteiger partial charge in [-0.1, -0.05) is 6.92 Å². The molecule has 6 nitrogen and oxygen atoms in total. The van der Waals surface area contributed by atoms with Crippen molar-refractivity contribution < 1.29 is 9.90 Å². The summed E-state index contributed by atoms with van der Waals surface area (Å²) in [5, 5.41) is 9.49. The summed E-state index contributed by atoms with van der Waals surface area (Å²) in [6.45, 7) is 3.49. The van der Waals surface area contributed by atoms with Gasteiger partial charge in [-0.2, -0.15) is 0 Å². The number of imidazole rings is 1. The maximum Gasteiger partial charge on any atom is 0.255 e. The Morgan fingerprint density at radius 1 is 1.45 bits per heavy atom. The molecule has 6 heteroatoms. The molecule has 1 amide bonds. The maximum absolute atomic E-state index is 12.6. The van der Waals surface area contributed by atoms with Gasteiger partial charge in [-0.3, -0.25) is 9.78 Å². The van der Waals surface area contributed by atoms with E-state index >= 15 is 0 Å². The third-order valence-electron chi connectivity index (χ3n) is 4.11. The largest absolute Gasteiger partial charge is 0.506 e. The van der Waals surface area contributed by atoms with Crippen molar-refractivity contribution in [2.75, 3.05) is 13.1 Å². The van der Waals surface area contributed by atoms with Crippen molar-refractivity contribution in [3.63, 3.8) is 0 Å². The molecule has 22 heavy (non-hydrogen) atoms. The van der Waals surface area contributed by atoms with Gasteiger partial charge in [0, 0.05) is 38.1 Å². The number of piperidine rings is 1. The Morgan fingerprint density at radius 3 is 3.09 bits per heavy atom. The summed E-state index contributed by atoms with van der Waals surface area (Å²) >= 11 is 0. The molecule has 2 aromatic rings. The Bertz CT molecular complexity index is 668. The molecule has 0 spiro atoms. The van der Waals surface area contributed by atoms with Crippen LogP contribution in [-0.4, -0.2) is 43.5 Å². The number of aromatic hydroxyl groups is 1. The van der Waals surface area contributed by atoms with Crippen LogP contribution in [0.1, 0.15) is 42.0 Å². The minimum atomic E-state index is -0.0775. The number of aromatic nitrogens is 3. The molecule has 1 fully saturated rings. The van der Waals surface area contributed by atoms with E-state index in [1.54, 1.807) is 0 Å². The molecule has 3 rings (SSSR count). The van der Waals surface area contributed by atoms with Crippen molar-refractivity contribution in [2.45, 2.75) is 32.2 Å². The zero-order chi connectivity index (χ0) is 15.5. The summed E-state index contributed by atoms with van der Waals surface area (Å²) in [5.41, 5.74) is 0.432. The molecule has 0 aliphatic carbocycles. The second-order valence-corrected chi connectivity index (χ2v) is 5.58. The average molecular weight is 300 g/mol. The zero-order valence-electron chi connectivity index (χ0n) is 12.6. The lowest BCUT2D eigenvalue weighted by Gasteiger charge is -2.34. The lowest BCUT2D eigenvalue weighted by molar-refractivity contribution is 0.0677. The van der Waals surface area contributed by atoms with Gasteiger partial charge in [0.25, 0.3) is 5.91 Å². The summed E-state index contributed by atoms with van der Waals surface area (Å²) in [6.07, 6.45) is 9.53. The quantitative estimate of drug-likeness (QED) is 0.941. The van der Waals surface area contributed by atoms with E-state index in [9.17, 15) is 9.90 Å². The number of nitrogens with zero attached hydrogens (tertiary/aromatic N) is 4. The van der Waals surface area contributed by atoms with E-state index < -0.39 is 0 Å². The SMILES string of the molecule is CCc1nccn1C1CCCN(C(=O)c2cncc(O)c2)C1. The van der Waals surface area contributed by atoms with Crippen molar-refractivity contribution in [2.24, 2.45) is 0 Å². The third-order valence-corrected chi connectivity index (χ3v) is 4.11. The molecule has 0 bridgehead atoms. The Balaban J connectivity index is 1.77. The van der Waals surface area contributed by atoms with Crippen molar-refractivity contribution in [1.82, 2.24) is 19.4 Å². The number of rotatable bonds is 3. The molecular formula is C16H20N4O2. The minimum absolute atomic E-state index is 0.0160. The van der Waals surface area contributed by atoms with E-state index in [4.69, 9.17) is 0 Å². The highest BCUT2D eigenvalue weighted by Gasteiger charge is 2.26. The van der Waals surface area contributed by atoms with Crippen LogP contribution in [0.5, 0.6) is 5.75 Å². The number of carbonyl (C=O) groups is 1. The van der Waals surface area contributed by atoms with Crippen LogP contribution in [-0.2, 0) is 6.42 Å². The maximum atomic E-state index is 12.6. The van der Waals surface area contributed by atoms with E-state index in [2.05, 4.69) is 21.5 Å². The van der Waals surface area contributed by atoms with Crippen LogP contribution in [0.2, 0.25) is 0 Å². The number of likely N-dealkylation sites (tertiary alicyclic amines) is 1. The molecule has 0 saturated carbocycles. The first-order valence-corrected chi connectivity index (χ1v) is 7.64. The van der Waals surface area contributed by atoms with Crippen LogP contribution in [0.15, 0.2) is 30.9 Å². The summed E-state index contributed by atoms with van der Waals surface area (Å²) < 4.78 is 2.18. The summed E-state index contributed by atoms with van der Waals surface area (Å²) in [7, 11) is 0. The molecule has 3 heterocycles. The lowest BCUT2D eigenvalue weighted by Crippen LogP contribution is -2.41. The molecule has 116 valence electrons. The molecule has 1 aliphatic rings. The summed E-state index contributed by atoms with van der Waals surface area (Å²) in [4.78, 5) is 22.7. The first-order chi connectivity index (χ1) is 10.7. The topological polar surface area (TPSA) is 71.2 Å². The van der Waals surface area contributed by atoms with Crippen LogP contribution in [0.4, 0.5) is 0 Å². The van der Waals surface area contributed by atoms with Crippen LogP contribution >= 0.6 is 0 Å². The molecular weight excluding hydrogens is 280 g/mol. The molecule has 1 N–H and O–H groups in total. The van der Waals surface area contributed by atoms with Crippen molar-refractivity contribution >= 4 is 5.91 Å². The molecule has 0 radical (unpaired) electrons. The predicted octanol–water partition coefficient (Wildman–Crippen LogP) is 2.02. The summed E-state index contributed by atoms with van der Waals surface area (Å²) in [6, 6.07) is 1.73. The highest BCUT2D eigenvalue weighted by Crippen LogP contribution is 2.24. The van der Waals surface area contributed by atoms with Gasteiger partial charge in [-0.05, 0) is 18.9 Å². The number of hydrogen-bond acceptors (Lipinski definition) is 4. The van der Waals surface area contributed by atoms with Gasteiger partial charge in [0.2, 0.25) is 0 Å². The van der Waals surface area contributed by atoms with Gasteiger partial charge in [0.05, 0.1) is 17.8 Å². The van der Waals surface area contributed by atoms with Crippen LogP contribution in [0.25, 0.3) is 0 Å². The molecule has 1 atom stereocenters. The molecule has 0 aromatic carbocycles. The Hall–Kier alpha value is -2.37. The van der Waals surface area contributed by atoms with Gasteiger partial charge in [-0.15, -0.1) is 0 Å². The van der Waals surface area contributed by atoms with Gasteiger partial charge < -0.3 is 14.6 Å². The second kappa shape index (κ2) is 6.17. The highest BCUT2D eigenvalue weighted by atomic mass is 16.3. The van der Waals surface area contributed by atoms with E-state index in [1.807, 2.05) is 17.3 Å². The number of pyridine rings is 1. The van der Waals surface area contributed by atoms with Gasteiger partial charge in [-0.25, -0.2) is 4.98 Å². The second-order valence-electron chi connectivity index (χ2n) is 5.58. The Labute approximate surface area is 129 Å². The smallest absolute Gasteiger partial charge is 0.255 e. The average Bonchev–Trinajstić information content (AvgIpc) is 3.03. The van der Waals surface area contributed by atoms with E-state index in [0.29, 0.717) is 12.1 Å². The summed E-state index contributed by atoms with van der Waals surface area (Å²) in [5.74, 6) is 0.992. The van der Waals surface area contributed by atoms with Gasteiger partial charge in [0.15, 0.2) is 0 Å². The van der Waals surface area contributed by atoms with E-state index in [0.717, 1.165) is 31.6 Å². The molecule has 1 saturated heterocycles. The Morgan fingerprint density at radius 2 is 2.32 bits per heavy atom. The minimum Gasteiger partial charge on any atom is -0.506 e. The van der Waals surface area contributed by atoms with Crippen molar-refractivity contribution in [1.29, 1.82) is 0 Å². The lowest BCUT2D eigenvalue weighted by atomic mass is 10.0. The fraction of sp³-hybridized carbons (Fsp3) is 0.438. The fourth-order valence-corrected chi connectivity index (χ4v) is 3.04. The molecule has 1 aliphatic heterocycles.